The number of aromatic hydroxyl groups is 1. The molecule has 1 saturated carbocycles. The van der Waals surface area contributed by atoms with Crippen LogP contribution in [0.5, 0.6) is 5.75 Å². The number of hydrogen-bond donors (Lipinski definition) is 3. The molecule has 1 aliphatic carbocycles. The maximum Gasteiger partial charge on any atom is 0.412 e. The van der Waals surface area contributed by atoms with E-state index in [-0.39, 0.29) is 11.3 Å². The first-order chi connectivity index (χ1) is 9.26. The van der Waals surface area contributed by atoms with Gasteiger partial charge in [-0.1, -0.05) is 0 Å². The van der Waals surface area contributed by atoms with Crippen LogP contribution in [0.15, 0.2) is 18.2 Å². The van der Waals surface area contributed by atoms with Gasteiger partial charge in [-0.2, -0.15) is 0 Å². The summed E-state index contributed by atoms with van der Waals surface area (Å²) >= 11 is 0. The van der Waals surface area contributed by atoms with Crippen molar-refractivity contribution in [2.45, 2.75) is 44.8 Å². The lowest BCUT2D eigenvalue weighted by atomic mass is 10.0. The van der Waals surface area contributed by atoms with Crippen LogP contribution in [0.3, 0.4) is 0 Å². The number of amides is 1. The van der Waals surface area contributed by atoms with Gasteiger partial charge in [0.15, 0.2) is 0 Å². The first-order valence-electron chi connectivity index (χ1n) is 6.78. The van der Waals surface area contributed by atoms with Gasteiger partial charge in [-0.3, -0.25) is 5.32 Å². The number of carbonyl (C=O) groups excluding carboxylic acids is 1. The van der Waals surface area contributed by atoms with Gasteiger partial charge in [-0.05, 0) is 64.4 Å². The minimum Gasteiger partial charge on any atom is -0.508 e. The number of carbonyl (C=O) groups is 1. The summed E-state index contributed by atoms with van der Waals surface area (Å²) in [6, 6.07) is 4.95. The highest BCUT2D eigenvalue weighted by atomic mass is 16.6. The third-order valence-electron chi connectivity index (χ3n) is 3.38. The predicted octanol–water partition coefficient (Wildman–Crippen LogP) is 2.95. The molecule has 110 valence electrons. The van der Waals surface area contributed by atoms with E-state index in [1.54, 1.807) is 18.2 Å². The summed E-state index contributed by atoms with van der Waals surface area (Å²) < 4.78 is 5.26. The number of ether oxygens (including phenoxy) is 1. The zero-order chi connectivity index (χ0) is 15.0. The van der Waals surface area contributed by atoms with E-state index < -0.39 is 11.7 Å². The predicted molar refractivity (Wildman–Crippen MR) is 77.9 cm³/mol. The van der Waals surface area contributed by atoms with Crippen LogP contribution < -0.4 is 10.6 Å². The quantitative estimate of drug-likeness (QED) is 0.743. The molecule has 0 saturated heterocycles. The van der Waals surface area contributed by atoms with Gasteiger partial charge in [0.2, 0.25) is 0 Å². The van der Waals surface area contributed by atoms with Crippen molar-refractivity contribution in [1.29, 1.82) is 0 Å². The molecule has 5 nitrogen and oxygen atoms in total. The fourth-order valence-corrected chi connectivity index (χ4v) is 2.23. The highest BCUT2D eigenvalue weighted by Gasteiger charge is 2.44. The van der Waals surface area contributed by atoms with E-state index in [0.29, 0.717) is 5.69 Å². The van der Waals surface area contributed by atoms with Crippen LogP contribution in [0.25, 0.3) is 0 Å². The number of rotatable bonds is 3. The van der Waals surface area contributed by atoms with Gasteiger partial charge >= 0.3 is 6.09 Å². The van der Waals surface area contributed by atoms with Gasteiger partial charge in [-0.15, -0.1) is 0 Å². The van der Waals surface area contributed by atoms with E-state index in [9.17, 15) is 9.90 Å². The van der Waals surface area contributed by atoms with Gasteiger partial charge in [0.1, 0.15) is 11.4 Å². The third-order valence-corrected chi connectivity index (χ3v) is 3.38. The molecule has 1 aromatic rings. The highest BCUT2D eigenvalue weighted by Crippen LogP contribution is 2.48. The number of benzene rings is 1. The summed E-state index contributed by atoms with van der Waals surface area (Å²) in [5.74, 6) is 0.191. The Hall–Kier alpha value is -1.75. The van der Waals surface area contributed by atoms with Gasteiger partial charge in [0, 0.05) is 11.2 Å². The lowest BCUT2D eigenvalue weighted by Crippen LogP contribution is -2.30. The molecule has 1 amide bonds. The summed E-state index contributed by atoms with van der Waals surface area (Å²) in [5.41, 5.74) is 0.875. The molecular weight excluding hydrogens is 256 g/mol. The van der Waals surface area contributed by atoms with Crippen molar-refractivity contribution in [2.75, 3.05) is 12.4 Å². The number of nitrogens with one attached hydrogen (secondary N) is 2. The number of hydrogen-bond acceptors (Lipinski definition) is 4. The molecule has 0 radical (unpaired) electrons. The van der Waals surface area contributed by atoms with E-state index >= 15 is 0 Å². The summed E-state index contributed by atoms with van der Waals surface area (Å²) in [5, 5.41) is 15.7. The summed E-state index contributed by atoms with van der Waals surface area (Å²) in [4.78, 5) is 11.9. The molecule has 0 heterocycles. The van der Waals surface area contributed by atoms with Crippen molar-refractivity contribution in [3.05, 3.63) is 23.8 Å². The van der Waals surface area contributed by atoms with Crippen molar-refractivity contribution in [3.63, 3.8) is 0 Å². The molecule has 0 bridgehead atoms. The molecular formula is C15H22N2O3. The molecule has 0 spiro atoms. The normalized spacial score (nSPS) is 16.6. The molecule has 0 aromatic heterocycles. The maximum absolute atomic E-state index is 11.9. The van der Waals surface area contributed by atoms with Gasteiger partial charge < -0.3 is 15.2 Å². The van der Waals surface area contributed by atoms with Crippen LogP contribution in [-0.2, 0) is 10.3 Å². The second-order valence-electron chi connectivity index (χ2n) is 6.19. The van der Waals surface area contributed by atoms with E-state index in [4.69, 9.17) is 4.74 Å². The summed E-state index contributed by atoms with van der Waals surface area (Å²) in [7, 11) is 1.88. The molecule has 0 aliphatic heterocycles. The van der Waals surface area contributed by atoms with Crippen molar-refractivity contribution >= 4 is 11.8 Å². The van der Waals surface area contributed by atoms with Crippen LogP contribution in [0.2, 0.25) is 0 Å². The average molecular weight is 278 g/mol. The molecule has 3 N–H and O–H groups in total. The lowest BCUT2D eigenvalue weighted by Gasteiger charge is -2.23. The maximum atomic E-state index is 11.9. The summed E-state index contributed by atoms with van der Waals surface area (Å²) in [6.07, 6.45) is 1.47. The van der Waals surface area contributed by atoms with E-state index in [1.807, 2.05) is 27.8 Å². The Bertz CT molecular complexity index is 516. The zero-order valence-corrected chi connectivity index (χ0v) is 12.4. The van der Waals surface area contributed by atoms with Crippen molar-refractivity contribution in [3.8, 4) is 5.75 Å². The molecule has 20 heavy (non-hydrogen) atoms. The van der Waals surface area contributed by atoms with Gasteiger partial charge in [-0.25, -0.2) is 4.79 Å². The molecule has 5 heteroatoms. The second-order valence-corrected chi connectivity index (χ2v) is 6.19. The van der Waals surface area contributed by atoms with Crippen molar-refractivity contribution < 1.29 is 14.6 Å². The Balaban J connectivity index is 2.22. The van der Waals surface area contributed by atoms with E-state index in [2.05, 4.69) is 10.6 Å². The minimum atomic E-state index is -0.540. The average Bonchev–Trinajstić information content (AvgIpc) is 3.10. The Morgan fingerprint density at radius 2 is 2.00 bits per heavy atom. The lowest BCUT2D eigenvalue weighted by molar-refractivity contribution is 0.0635. The van der Waals surface area contributed by atoms with E-state index in [0.717, 1.165) is 18.4 Å². The van der Waals surface area contributed by atoms with Crippen LogP contribution in [0, 0.1) is 0 Å². The fraction of sp³-hybridized carbons (Fsp3) is 0.533. The zero-order valence-electron chi connectivity index (χ0n) is 12.4. The van der Waals surface area contributed by atoms with Crippen molar-refractivity contribution in [1.82, 2.24) is 5.32 Å². The van der Waals surface area contributed by atoms with Gasteiger partial charge in [0.05, 0.1) is 0 Å². The Labute approximate surface area is 119 Å². The number of phenolic OH excluding ortho intramolecular Hbond substituents is 1. The molecule has 1 aromatic carbocycles. The van der Waals surface area contributed by atoms with E-state index in [1.165, 1.54) is 0 Å². The topological polar surface area (TPSA) is 70.6 Å². The Morgan fingerprint density at radius 3 is 2.50 bits per heavy atom. The monoisotopic (exact) mass is 278 g/mol. The summed E-state index contributed by atoms with van der Waals surface area (Å²) in [6.45, 7) is 5.46. The van der Waals surface area contributed by atoms with Crippen LogP contribution >= 0.6 is 0 Å². The van der Waals surface area contributed by atoms with Crippen LogP contribution in [0.1, 0.15) is 39.2 Å². The molecule has 1 aliphatic rings. The Kier molecular flexibility index (Phi) is 3.65. The number of anilines is 1. The van der Waals surface area contributed by atoms with Crippen molar-refractivity contribution in [2.24, 2.45) is 0 Å². The first-order valence-corrected chi connectivity index (χ1v) is 6.78. The minimum absolute atomic E-state index is 0.150. The van der Waals surface area contributed by atoms with Crippen LogP contribution in [0.4, 0.5) is 10.5 Å². The first kappa shape index (κ1) is 14.7. The molecule has 0 unspecified atom stereocenters. The molecule has 2 rings (SSSR count). The third kappa shape index (κ3) is 3.22. The Morgan fingerprint density at radius 1 is 1.35 bits per heavy atom. The van der Waals surface area contributed by atoms with Gasteiger partial charge in [0.25, 0.3) is 0 Å². The van der Waals surface area contributed by atoms with Crippen LogP contribution in [-0.4, -0.2) is 23.8 Å². The number of phenols is 1. The fourth-order valence-electron chi connectivity index (χ4n) is 2.23. The molecule has 1 fully saturated rings. The second kappa shape index (κ2) is 4.98. The highest BCUT2D eigenvalue weighted by molar-refractivity contribution is 5.86. The molecule has 0 atom stereocenters. The standard InChI is InChI=1S/C15H22N2O3/c1-14(2,3)20-13(19)17-12-6-5-10(18)9-11(12)15(16-4)7-8-15/h5-6,9,16,18H,7-8H2,1-4H3,(H,17,19). The SMILES string of the molecule is CNC1(c2cc(O)ccc2NC(=O)OC(C)(C)C)CC1. The smallest absolute Gasteiger partial charge is 0.412 e. The largest absolute Gasteiger partial charge is 0.508 e.